The van der Waals surface area contributed by atoms with E-state index in [0.717, 1.165) is 11.5 Å². The third-order valence-corrected chi connectivity index (χ3v) is 3.05. The lowest BCUT2D eigenvalue weighted by Crippen LogP contribution is -1.99. The van der Waals surface area contributed by atoms with Crippen LogP contribution in [0, 0.1) is 0 Å². The molecule has 3 nitrogen and oxygen atoms in total. The summed E-state index contributed by atoms with van der Waals surface area (Å²) in [6, 6.07) is 4.06. The molecule has 2 aromatic heterocycles. The van der Waals surface area contributed by atoms with Crippen LogP contribution in [0.2, 0.25) is 0 Å². The number of nitrogens with one attached hydrogen (secondary N) is 2. The Hall–Kier alpha value is -1.29. The maximum atomic E-state index is 4.28. The zero-order valence-corrected chi connectivity index (χ0v) is 7.11. The van der Waals surface area contributed by atoms with Crippen molar-refractivity contribution in [3.8, 4) is 0 Å². The molecule has 4 heteroatoms. The summed E-state index contributed by atoms with van der Waals surface area (Å²) < 4.78 is 0. The molecule has 0 radical (unpaired) electrons. The smallest absolute Gasteiger partial charge is 0.127 e. The summed E-state index contributed by atoms with van der Waals surface area (Å²) in [5.74, 6) is 0. The molecule has 60 valence electrons. The lowest BCUT2D eigenvalue weighted by atomic mass is 10.3. The van der Waals surface area contributed by atoms with Crippen molar-refractivity contribution in [1.29, 1.82) is 0 Å². The van der Waals surface area contributed by atoms with Gasteiger partial charge in [-0.2, -0.15) is 0 Å². The van der Waals surface area contributed by atoms with E-state index in [1.165, 1.54) is 16.1 Å². The Balaban J connectivity index is 2.44. The molecule has 0 aromatic carbocycles. The van der Waals surface area contributed by atoms with Gasteiger partial charge in [0, 0.05) is 11.6 Å². The van der Waals surface area contributed by atoms with E-state index in [2.05, 4.69) is 21.7 Å². The second-order valence-electron chi connectivity index (χ2n) is 2.69. The first kappa shape index (κ1) is 6.25. The van der Waals surface area contributed by atoms with Crippen LogP contribution in [0.3, 0.4) is 0 Å². The van der Waals surface area contributed by atoms with Gasteiger partial charge in [-0.25, -0.2) is 4.98 Å². The molecule has 0 spiro atoms. The molecule has 3 rings (SSSR count). The fraction of sp³-hybridized carbons (Fsp3) is 0.125. The molecule has 12 heavy (non-hydrogen) atoms. The molecule has 1 aliphatic heterocycles. The van der Waals surface area contributed by atoms with Crippen molar-refractivity contribution in [2.45, 2.75) is 0 Å². The van der Waals surface area contributed by atoms with E-state index in [-0.39, 0.29) is 0 Å². The van der Waals surface area contributed by atoms with E-state index in [0.29, 0.717) is 0 Å². The molecular weight excluding hydrogens is 170 g/mol. The highest BCUT2D eigenvalue weighted by molar-refractivity contribution is 7.23. The fourth-order valence-electron chi connectivity index (χ4n) is 1.45. The Morgan fingerprint density at radius 2 is 2.42 bits per heavy atom. The number of nitrogens with zero attached hydrogens (tertiary/aromatic N) is 1. The van der Waals surface area contributed by atoms with Crippen LogP contribution in [-0.2, 0) is 0 Å². The van der Waals surface area contributed by atoms with Crippen LogP contribution in [0.15, 0.2) is 18.3 Å². The maximum Gasteiger partial charge on any atom is 0.127 e. The molecule has 0 aliphatic carbocycles. The molecule has 0 bridgehead atoms. The van der Waals surface area contributed by atoms with Crippen molar-refractivity contribution in [3.05, 3.63) is 18.3 Å². The average Bonchev–Trinajstić information content (AvgIpc) is 2.62. The third-order valence-electron chi connectivity index (χ3n) is 1.98. The first-order chi connectivity index (χ1) is 5.95. The zero-order chi connectivity index (χ0) is 7.97. The minimum absolute atomic E-state index is 0.839. The minimum Gasteiger partial charge on any atom is -0.365 e. The monoisotopic (exact) mass is 177 g/mol. The van der Waals surface area contributed by atoms with Gasteiger partial charge in [0.2, 0.25) is 0 Å². The summed E-state index contributed by atoms with van der Waals surface area (Å²) in [4.78, 5) is 5.38. The summed E-state index contributed by atoms with van der Waals surface area (Å²) in [5.41, 5.74) is 1.21. The molecule has 2 aromatic rings. The highest BCUT2D eigenvalue weighted by Crippen LogP contribution is 2.41. The van der Waals surface area contributed by atoms with Gasteiger partial charge < -0.3 is 10.6 Å². The van der Waals surface area contributed by atoms with Crippen LogP contribution >= 0.6 is 11.3 Å². The van der Waals surface area contributed by atoms with Crippen LogP contribution in [0.5, 0.6) is 0 Å². The lowest BCUT2D eigenvalue weighted by Gasteiger charge is -1.93. The SMILES string of the molecule is c1cnc2sc3c(c2c1)NCN3. The number of fused-ring (bicyclic) bond motifs is 3. The van der Waals surface area contributed by atoms with E-state index in [9.17, 15) is 0 Å². The standard InChI is InChI=1S/C8H7N3S/c1-2-5-6-8(11-4-10-6)12-7(5)9-3-1/h1-3,10-11H,4H2. The first-order valence-corrected chi connectivity index (χ1v) is 4.62. The van der Waals surface area contributed by atoms with E-state index >= 15 is 0 Å². The number of aromatic nitrogens is 1. The second kappa shape index (κ2) is 2.10. The van der Waals surface area contributed by atoms with E-state index in [1.807, 2.05) is 12.3 Å². The molecular formula is C8H7N3S. The zero-order valence-electron chi connectivity index (χ0n) is 6.29. The van der Waals surface area contributed by atoms with Gasteiger partial charge in [0.25, 0.3) is 0 Å². The number of rotatable bonds is 0. The van der Waals surface area contributed by atoms with Gasteiger partial charge in [0.15, 0.2) is 0 Å². The van der Waals surface area contributed by atoms with Gasteiger partial charge in [-0.15, -0.1) is 0 Å². The predicted octanol–water partition coefficient (Wildman–Crippen LogP) is 2.09. The summed E-state index contributed by atoms with van der Waals surface area (Å²) in [6.45, 7) is 0.839. The Bertz CT molecular complexity index is 435. The number of pyridine rings is 1. The van der Waals surface area contributed by atoms with Gasteiger partial charge in [0.05, 0.1) is 12.4 Å². The Morgan fingerprint density at radius 1 is 1.42 bits per heavy atom. The molecule has 3 heterocycles. The second-order valence-corrected chi connectivity index (χ2v) is 3.69. The van der Waals surface area contributed by atoms with Crippen molar-refractivity contribution in [3.63, 3.8) is 0 Å². The Morgan fingerprint density at radius 3 is 3.42 bits per heavy atom. The van der Waals surface area contributed by atoms with Crippen molar-refractivity contribution in [2.24, 2.45) is 0 Å². The number of anilines is 2. The highest BCUT2D eigenvalue weighted by atomic mass is 32.1. The van der Waals surface area contributed by atoms with Crippen LogP contribution in [0.1, 0.15) is 0 Å². The third kappa shape index (κ3) is 0.674. The average molecular weight is 177 g/mol. The first-order valence-electron chi connectivity index (χ1n) is 3.80. The lowest BCUT2D eigenvalue weighted by molar-refractivity contribution is 1.31. The molecule has 0 amide bonds. The van der Waals surface area contributed by atoms with Crippen LogP contribution in [0.25, 0.3) is 10.2 Å². The van der Waals surface area contributed by atoms with E-state index in [1.54, 1.807) is 11.3 Å². The molecule has 0 unspecified atom stereocenters. The fourth-order valence-corrected chi connectivity index (χ4v) is 2.46. The molecule has 0 atom stereocenters. The van der Waals surface area contributed by atoms with Crippen molar-refractivity contribution in [2.75, 3.05) is 17.3 Å². The normalized spacial score (nSPS) is 14.0. The van der Waals surface area contributed by atoms with Crippen molar-refractivity contribution >= 4 is 32.2 Å². The Kier molecular flexibility index (Phi) is 1.10. The van der Waals surface area contributed by atoms with Crippen molar-refractivity contribution < 1.29 is 0 Å². The summed E-state index contributed by atoms with van der Waals surface area (Å²) in [5, 5.41) is 8.98. The summed E-state index contributed by atoms with van der Waals surface area (Å²) in [6.07, 6.45) is 1.83. The summed E-state index contributed by atoms with van der Waals surface area (Å²) in [7, 11) is 0. The predicted molar refractivity (Wildman–Crippen MR) is 51.7 cm³/mol. The molecule has 1 aliphatic rings. The number of thiophene rings is 1. The van der Waals surface area contributed by atoms with E-state index in [4.69, 9.17) is 0 Å². The van der Waals surface area contributed by atoms with E-state index < -0.39 is 0 Å². The Labute approximate surface area is 73.4 Å². The van der Waals surface area contributed by atoms with Gasteiger partial charge >= 0.3 is 0 Å². The highest BCUT2D eigenvalue weighted by Gasteiger charge is 2.15. The van der Waals surface area contributed by atoms with Gasteiger partial charge in [-0.3, -0.25) is 0 Å². The molecule has 0 fully saturated rings. The molecule has 0 saturated carbocycles. The van der Waals surface area contributed by atoms with Crippen LogP contribution in [-0.4, -0.2) is 11.7 Å². The minimum atomic E-state index is 0.839. The number of hydrogen-bond acceptors (Lipinski definition) is 4. The van der Waals surface area contributed by atoms with Crippen molar-refractivity contribution in [1.82, 2.24) is 4.98 Å². The quantitative estimate of drug-likeness (QED) is 0.647. The van der Waals surface area contributed by atoms with Crippen LogP contribution in [0.4, 0.5) is 10.7 Å². The van der Waals surface area contributed by atoms with Gasteiger partial charge in [-0.05, 0) is 12.1 Å². The number of hydrogen-bond donors (Lipinski definition) is 2. The largest absolute Gasteiger partial charge is 0.365 e. The van der Waals surface area contributed by atoms with Gasteiger partial charge in [-0.1, -0.05) is 11.3 Å². The molecule has 2 N–H and O–H groups in total. The maximum absolute atomic E-state index is 4.28. The summed E-state index contributed by atoms with van der Waals surface area (Å²) >= 11 is 1.70. The topological polar surface area (TPSA) is 37.0 Å². The van der Waals surface area contributed by atoms with Gasteiger partial charge in [0.1, 0.15) is 9.83 Å². The van der Waals surface area contributed by atoms with Crippen LogP contribution < -0.4 is 10.6 Å². The molecule has 0 saturated heterocycles.